The molecule has 0 fully saturated rings. The first-order valence-corrected chi connectivity index (χ1v) is 16.6. The minimum absolute atomic E-state index is 0.00224. The van der Waals surface area contributed by atoms with E-state index >= 15 is 0 Å². The maximum absolute atomic E-state index is 12.2. The minimum Gasteiger partial charge on any atom is -0.508 e. The fourth-order valence-corrected chi connectivity index (χ4v) is 5.95. The summed E-state index contributed by atoms with van der Waals surface area (Å²) in [6.07, 6.45) is -0.341. The third-order valence-corrected chi connectivity index (χ3v) is 9.37. The van der Waals surface area contributed by atoms with Crippen LogP contribution in [0.5, 0.6) is 11.5 Å². The monoisotopic (exact) mass is 687 g/mol. The van der Waals surface area contributed by atoms with Gasteiger partial charge in [-0.3, -0.25) is 33.5 Å². The number of carboxylic acids is 3. The molecule has 17 nitrogen and oxygen atoms in total. The molecular formula is C27H35N3O14P2. The second kappa shape index (κ2) is 17.5. The molecule has 19 heteroatoms. The van der Waals surface area contributed by atoms with Gasteiger partial charge in [-0.15, -0.1) is 0 Å². The van der Waals surface area contributed by atoms with Gasteiger partial charge in [0, 0.05) is 50.1 Å². The van der Waals surface area contributed by atoms with Crippen molar-refractivity contribution in [3.05, 3.63) is 58.7 Å². The summed E-state index contributed by atoms with van der Waals surface area (Å²) in [6, 6.07) is 8.72. The van der Waals surface area contributed by atoms with Crippen molar-refractivity contribution < 1.29 is 68.2 Å². The molecule has 1 atom stereocenters. The van der Waals surface area contributed by atoms with Crippen LogP contribution in [0.1, 0.15) is 35.1 Å². The Bertz CT molecular complexity index is 1530. The highest BCUT2D eigenvalue weighted by Gasteiger charge is 2.35. The number of carbonyl (C=O) groups excluding carboxylic acids is 1. The van der Waals surface area contributed by atoms with Crippen molar-refractivity contribution in [2.75, 3.05) is 26.2 Å². The zero-order valence-electron chi connectivity index (χ0n) is 24.4. The van der Waals surface area contributed by atoms with Crippen LogP contribution in [0.15, 0.2) is 36.4 Å². The molecule has 2 aromatic carbocycles. The lowest BCUT2D eigenvalue weighted by molar-refractivity contribution is -0.140. The first-order chi connectivity index (χ1) is 21.4. The predicted octanol–water partition coefficient (Wildman–Crippen LogP) is 1.27. The summed E-state index contributed by atoms with van der Waals surface area (Å²) >= 11 is 0. The van der Waals surface area contributed by atoms with Gasteiger partial charge in [0.15, 0.2) is 0 Å². The topological polar surface area (TPSA) is 280 Å². The standard InChI is InChI=1S/C27H35N3O14P2/c31-21-5-1-17(3-7-23(33)28-27(45(40)41)46(42,43)44)11-19(21)13-29(15-25(36)37)9-10-30(16-26(38)39)14-20-12-18(2-6-22(20)32)4-8-24(34)35/h1-2,5-6,11-12,27,31-32H,3-4,7-10,13-16H2,(H,28,33)(H,34,35)(H,36,37)(H,38,39)(H2,42,43,44). The highest BCUT2D eigenvalue weighted by atomic mass is 31.2. The smallest absolute Gasteiger partial charge is 0.362 e. The Morgan fingerprint density at radius 2 is 1.17 bits per heavy atom. The van der Waals surface area contributed by atoms with E-state index < -0.39 is 57.7 Å². The lowest BCUT2D eigenvalue weighted by atomic mass is 10.0. The third-order valence-electron chi connectivity index (χ3n) is 6.60. The molecule has 0 saturated heterocycles. The first-order valence-electron chi connectivity index (χ1n) is 13.6. The van der Waals surface area contributed by atoms with Crippen molar-refractivity contribution in [3.63, 3.8) is 0 Å². The fraction of sp³-hybridized carbons (Fsp3) is 0.407. The Balaban J connectivity index is 2.16. The number of nitrogens with one attached hydrogen (secondary N) is 1. The average molecular weight is 688 g/mol. The molecule has 0 aliphatic heterocycles. The summed E-state index contributed by atoms with van der Waals surface area (Å²) in [5, 5.41) is 50.4. The van der Waals surface area contributed by atoms with Gasteiger partial charge < -0.3 is 40.6 Å². The van der Waals surface area contributed by atoms with Gasteiger partial charge in [-0.1, -0.05) is 24.3 Å². The van der Waals surface area contributed by atoms with Crippen LogP contribution in [0.4, 0.5) is 0 Å². The number of hydrogen-bond donors (Lipinski definition) is 8. The van der Waals surface area contributed by atoms with E-state index in [1.54, 1.807) is 17.4 Å². The molecule has 46 heavy (non-hydrogen) atoms. The molecule has 0 bridgehead atoms. The maximum atomic E-state index is 12.2. The summed E-state index contributed by atoms with van der Waals surface area (Å²) in [4.78, 5) is 67.4. The van der Waals surface area contributed by atoms with Crippen molar-refractivity contribution in [1.29, 1.82) is 0 Å². The van der Waals surface area contributed by atoms with Gasteiger partial charge in [0.05, 0.1) is 13.1 Å². The summed E-state index contributed by atoms with van der Waals surface area (Å²) in [5.74, 6) is -4.70. The van der Waals surface area contributed by atoms with E-state index in [1.165, 1.54) is 34.1 Å². The number of phenolic OH excluding ortho intramolecular Hbond substituents is 2. The number of amides is 1. The molecule has 0 aliphatic rings. The van der Waals surface area contributed by atoms with E-state index in [0.717, 1.165) is 0 Å². The Morgan fingerprint density at radius 3 is 1.54 bits per heavy atom. The van der Waals surface area contributed by atoms with E-state index in [0.29, 0.717) is 16.7 Å². The average Bonchev–Trinajstić information content (AvgIpc) is 2.93. The fourth-order valence-electron chi connectivity index (χ4n) is 4.40. The summed E-state index contributed by atoms with van der Waals surface area (Å²) in [6.45, 7) is -1.12. The van der Waals surface area contributed by atoms with Crippen molar-refractivity contribution >= 4 is 39.1 Å². The molecular weight excluding hydrogens is 652 g/mol. The maximum Gasteiger partial charge on any atom is 0.362 e. The number of carbonyl (C=O) groups is 4. The number of aliphatic carboxylic acids is 3. The molecule has 0 spiro atoms. The van der Waals surface area contributed by atoms with Gasteiger partial charge >= 0.3 is 33.2 Å². The van der Waals surface area contributed by atoms with Crippen LogP contribution in [0.2, 0.25) is 0 Å². The zero-order chi connectivity index (χ0) is 34.6. The second-order valence-electron chi connectivity index (χ2n) is 10.3. The molecule has 2 aromatic rings. The number of rotatable bonds is 20. The minimum atomic E-state index is -5.16. The lowest BCUT2D eigenvalue weighted by Gasteiger charge is -2.26. The number of carboxylic acid groups (broad SMARTS) is 3. The molecule has 0 heterocycles. The molecule has 0 radical (unpaired) electrons. The number of nitrogens with zero attached hydrogens (tertiary/aromatic N) is 2. The Labute approximate surface area is 263 Å². The van der Waals surface area contributed by atoms with E-state index in [4.69, 9.17) is 14.9 Å². The molecule has 0 aliphatic carbocycles. The van der Waals surface area contributed by atoms with E-state index in [9.17, 15) is 53.3 Å². The van der Waals surface area contributed by atoms with Crippen LogP contribution in [-0.4, -0.2) is 101 Å². The van der Waals surface area contributed by atoms with E-state index in [2.05, 4.69) is 0 Å². The SMILES string of the molecule is O=C(O)CCc1ccc(O)c(CN(CCN(CC(=O)O)Cc2cc(CCC(=O)NC(P(=O)=O)P(=O)(O)O)ccc2O)CC(=O)O)c1. The van der Waals surface area contributed by atoms with Gasteiger partial charge in [0.2, 0.25) is 11.4 Å². The van der Waals surface area contributed by atoms with Crippen molar-refractivity contribution in [2.45, 2.75) is 44.3 Å². The second-order valence-corrected chi connectivity index (χ2v) is 13.5. The van der Waals surface area contributed by atoms with Gasteiger partial charge in [0.25, 0.3) is 0 Å². The Kier molecular flexibility index (Phi) is 14.5. The number of phenols is 2. The zero-order valence-corrected chi connectivity index (χ0v) is 26.2. The lowest BCUT2D eigenvalue weighted by Crippen LogP contribution is -2.39. The first kappa shape index (κ1) is 38.1. The van der Waals surface area contributed by atoms with Crippen molar-refractivity contribution in [1.82, 2.24) is 15.1 Å². The molecule has 2 rings (SSSR count). The molecule has 1 unspecified atom stereocenters. The Morgan fingerprint density at radius 1 is 0.739 bits per heavy atom. The van der Waals surface area contributed by atoms with Crippen LogP contribution >= 0.6 is 15.3 Å². The predicted molar refractivity (Wildman–Crippen MR) is 159 cm³/mol. The van der Waals surface area contributed by atoms with Crippen LogP contribution in [-0.2, 0) is 58.8 Å². The molecule has 0 aromatic heterocycles. The normalized spacial score (nSPS) is 12.2. The van der Waals surface area contributed by atoms with Gasteiger partial charge in [-0.2, -0.15) is 0 Å². The number of hydrogen-bond acceptors (Lipinski definition) is 11. The highest BCUT2D eigenvalue weighted by molar-refractivity contribution is 7.63. The van der Waals surface area contributed by atoms with Crippen molar-refractivity contribution in [3.8, 4) is 11.5 Å². The van der Waals surface area contributed by atoms with E-state index in [1.807, 2.05) is 0 Å². The van der Waals surface area contributed by atoms with Crippen LogP contribution in [0.25, 0.3) is 0 Å². The molecule has 8 N–H and O–H groups in total. The molecule has 0 saturated carbocycles. The van der Waals surface area contributed by atoms with Crippen LogP contribution < -0.4 is 5.32 Å². The van der Waals surface area contributed by atoms with Crippen LogP contribution in [0.3, 0.4) is 0 Å². The van der Waals surface area contributed by atoms with Gasteiger partial charge in [-0.05, 0) is 36.1 Å². The number of aryl methyl sites for hydroxylation is 2. The molecule has 252 valence electrons. The van der Waals surface area contributed by atoms with Crippen LogP contribution in [0, 0.1) is 0 Å². The summed E-state index contributed by atoms with van der Waals surface area (Å²) in [7, 11) is -8.82. The highest BCUT2D eigenvalue weighted by Crippen LogP contribution is 2.47. The van der Waals surface area contributed by atoms with Gasteiger partial charge in [-0.25, -0.2) is 9.13 Å². The van der Waals surface area contributed by atoms with E-state index in [-0.39, 0.29) is 68.9 Å². The molecule has 1 amide bonds. The number of aromatic hydroxyl groups is 2. The van der Waals surface area contributed by atoms with Gasteiger partial charge in [0.1, 0.15) is 11.5 Å². The Hall–Kier alpha value is -4.11. The quantitative estimate of drug-likeness (QED) is 0.0910. The number of benzene rings is 2. The largest absolute Gasteiger partial charge is 0.508 e. The van der Waals surface area contributed by atoms with Crippen molar-refractivity contribution in [2.24, 2.45) is 0 Å². The summed E-state index contributed by atoms with van der Waals surface area (Å²) < 4.78 is 33.6. The third kappa shape index (κ3) is 13.5. The summed E-state index contributed by atoms with van der Waals surface area (Å²) in [5.41, 5.74) is -0.696.